The summed E-state index contributed by atoms with van der Waals surface area (Å²) in [6.07, 6.45) is -0.117. The summed E-state index contributed by atoms with van der Waals surface area (Å²) in [6, 6.07) is 8.38. The highest BCUT2D eigenvalue weighted by atomic mass is 19.2. The van der Waals surface area contributed by atoms with Crippen molar-refractivity contribution in [3.63, 3.8) is 0 Å². The van der Waals surface area contributed by atoms with Crippen molar-refractivity contribution in [1.82, 2.24) is 4.98 Å². The Hall–Kier alpha value is -3.33. The van der Waals surface area contributed by atoms with Crippen molar-refractivity contribution in [2.45, 2.75) is 43.4 Å². The van der Waals surface area contributed by atoms with Gasteiger partial charge in [-0.05, 0) is 36.6 Å². The molecule has 0 unspecified atom stereocenters. The second-order valence-corrected chi connectivity index (χ2v) is 8.81. The largest absolute Gasteiger partial charge is 0.507 e. The number of hydrogen-bond donors (Lipinski definition) is 2. The summed E-state index contributed by atoms with van der Waals surface area (Å²) in [6.45, 7) is 1.01. The number of carboxylic acid groups (broad SMARTS) is 1. The van der Waals surface area contributed by atoms with Crippen LogP contribution in [0, 0.1) is 11.6 Å². The molecule has 1 saturated heterocycles. The Morgan fingerprint density at radius 1 is 1.12 bits per heavy atom. The summed E-state index contributed by atoms with van der Waals surface area (Å²) < 4.78 is 53.5. The number of hydrogen-bond acceptors (Lipinski definition) is 5. The van der Waals surface area contributed by atoms with Gasteiger partial charge in [0.1, 0.15) is 11.9 Å². The lowest BCUT2D eigenvalue weighted by Gasteiger charge is -2.37. The summed E-state index contributed by atoms with van der Waals surface area (Å²) in [7, 11) is 0. The first-order valence-corrected chi connectivity index (χ1v) is 11.0. The minimum atomic E-state index is -2.35. The summed E-state index contributed by atoms with van der Waals surface area (Å²) >= 11 is 0. The number of carbonyl (C=O) groups is 1. The second kappa shape index (κ2) is 8.47. The molecular weight excluding hydrogens is 451 g/mol. The number of halogens is 3. The van der Waals surface area contributed by atoms with Crippen molar-refractivity contribution in [2.75, 3.05) is 13.2 Å². The number of aromatic hydroxyl groups is 1. The third-order valence-electron chi connectivity index (χ3n) is 6.58. The van der Waals surface area contributed by atoms with Crippen LogP contribution >= 0.6 is 0 Å². The number of rotatable bonds is 5. The van der Waals surface area contributed by atoms with Gasteiger partial charge in [-0.15, -0.1) is 0 Å². The predicted molar refractivity (Wildman–Crippen MR) is 117 cm³/mol. The first-order valence-electron chi connectivity index (χ1n) is 11.0. The van der Waals surface area contributed by atoms with Crippen molar-refractivity contribution >= 4 is 16.7 Å². The maximum atomic E-state index is 14.3. The zero-order valence-corrected chi connectivity index (χ0v) is 18.1. The van der Waals surface area contributed by atoms with Crippen LogP contribution in [0.25, 0.3) is 21.9 Å². The van der Waals surface area contributed by atoms with Gasteiger partial charge in [0.05, 0.1) is 11.1 Å². The average Bonchev–Trinajstić information content (AvgIpc) is 2.80. The Bertz CT molecular complexity index is 1270. The predicted octanol–water partition coefficient (Wildman–Crippen LogP) is 5.11. The van der Waals surface area contributed by atoms with Crippen LogP contribution < -0.4 is 4.74 Å². The van der Waals surface area contributed by atoms with Gasteiger partial charge >= 0.3 is 5.97 Å². The summed E-state index contributed by atoms with van der Waals surface area (Å²) in [5.74, 6) is -3.69. The number of phenols is 1. The molecule has 1 aromatic heterocycles. The normalized spacial score (nSPS) is 23.0. The average molecular weight is 473 g/mol. The molecule has 6 nitrogen and oxygen atoms in total. The molecule has 2 aromatic carbocycles. The van der Waals surface area contributed by atoms with E-state index in [0.29, 0.717) is 48.3 Å². The van der Waals surface area contributed by atoms with Crippen molar-refractivity contribution in [3.05, 3.63) is 53.7 Å². The number of fused-ring (bicyclic) bond motifs is 1. The maximum absolute atomic E-state index is 14.3. The lowest BCUT2D eigenvalue weighted by atomic mass is 9.79. The van der Waals surface area contributed by atoms with Gasteiger partial charge in [-0.25, -0.2) is 22.9 Å². The SMILES string of the molecule is O=C(O)[C@]1(F)C[C@H](Oc2nc(C3CCOCC3)c(-c3ccc(F)c(F)c3)c3cccc(O)c23)C1. The highest BCUT2D eigenvalue weighted by molar-refractivity contribution is 6.03. The number of alkyl halides is 1. The van der Waals surface area contributed by atoms with E-state index in [2.05, 4.69) is 0 Å². The van der Waals surface area contributed by atoms with Gasteiger partial charge < -0.3 is 19.7 Å². The Balaban J connectivity index is 1.67. The molecule has 0 spiro atoms. The number of ether oxygens (including phenoxy) is 2. The lowest BCUT2D eigenvalue weighted by Crippen LogP contribution is -2.52. The number of carboxylic acids is 1. The molecule has 1 aliphatic carbocycles. The Morgan fingerprint density at radius 3 is 2.53 bits per heavy atom. The number of aliphatic carboxylic acids is 1. The third kappa shape index (κ3) is 3.83. The van der Waals surface area contributed by atoms with E-state index in [0.717, 1.165) is 12.1 Å². The standard InChI is InChI=1S/C25H22F3NO5/c26-17-5-4-14(10-18(17)27)20-16-2-1-3-19(30)21(16)23(29-22(20)13-6-8-33-9-7-13)34-15-11-25(28,12-15)24(31)32/h1-5,10,13,15,30H,6-9,11-12H2,(H,31,32)/t15-,25-. The first kappa shape index (κ1) is 22.5. The fourth-order valence-electron chi connectivity index (χ4n) is 4.72. The topological polar surface area (TPSA) is 88.9 Å². The molecule has 0 atom stereocenters. The van der Waals surface area contributed by atoms with Crippen LogP contribution in [0.4, 0.5) is 13.2 Å². The molecule has 34 heavy (non-hydrogen) atoms. The van der Waals surface area contributed by atoms with Crippen LogP contribution in [-0.2, 0) is 9.53 Å². The molecule has 178 valence electrons. The molecule has 0 amide bonds. The third-order valence-corrected chi connectivity index (χ3v) is 6.58. The minimum Gasteiger partial charge on any atom is -0.507 e. The monoisotopic (exact) mass is 473 g/mol. The highest BCUT2D eigenvalue weighted by Gasteiger charge is 2.53. The van der Waals surface area contributed by atoms with Gasteiger partial charge in [-0.1, -0.05) is 18.2 Å². The number of pyridine rings is 1. The molecule has 0 bridgehead atoms. The van der Waals surface area contributed by atoms with E-state index < -0.39 is 29.4 Å². The zero-order valence-electron chi connectivity index (χ0n) is 18.1. The van der Waals surface area contributed by atoms with E-state index in [4.69, 9.17) is 19.6 Å². The summed E-state index contributed by atoms with van der Waals surface area (Å²) in [5, 5.41) is 20.5. The van der Waals surface area contributed by atoms with E-state index in [1.165, 1.54) is 12.1 Å². The van der Waals surface area contributed by atoms with Gasteiger partial charge in [0.2, 0.25) is 11.5 Å². The second-order valence-electron chi connectivity index (χ2n) is 8.81. The number of phenolic OH excluding ortho intramolecular Hbond substituents is 1. The molecule has 5 rings (SSSR count). The van der Waals surface area contributed by atoms with Crippen molar-refractivity contribution in [2.24, 2.45) is 0 Å². The molecule has 2 heterocycles. The van der Waals surface area contributed by atoms with E-state index in [-0.39, 0.29) is 35.8 Å². The number of aromatic nitrogens is 1. The molecule has 2 aliphatic rings. The summed E-state index contributed by atoms with van der Waals surface area (Å²) in [5.41, 5.74) is -0.834. The van der Waals surface area contributed by atoms with Gasteiger partial charge in [0.25, 0.3) is 0 Å². The Morgan fingerprint density at radius 2 is 1.85 bits per heavy atom. The van der Waals surface area contributed by atoms with Crippen molar-refractivity contribution in [3.8, 4) is 22.8 Å². The number of benzene rings is 2. The van der Waals surface area contributed by atoms with Crippen LogP contribution in [0.1, 0.15) is 37.3 Å². The molecule has 9 heteroatoms. The van der Waals surface area contributed by atoms with E-state index in [1.807, 2.05) is 0 Å². The van der Waals surface area contributed by atoms with E-state index in [1.54, 1.807) is 12.1 Å². The van der Waals surface area contributed by atoms with E-state index in [9.17, 15) is 23.1 Å². The molecule has 1 saturated carbocycles. The quantitative estimate of drug-likeness (QED) is 0.535. The van der Waals surface area contributed by atoms with Crippen LogP contribution in [0.15, 0.2) is 36.4 Å². The Labute approximate surface area is 193 Å². The van der Waals surface area contributed by atoms with E-state index >= 15 is 0 Å². The molecule has 1 aliphatic heterocycles. The van der Waals surface area contributed by atoms with Gasteiger partial charge in [-0.2, -0.15) is 0 Å². The van der Waals surface area contributed by atoms with Crippen LogP contribution in [0.3, 0.4) is 0 Å². The first-order chi connectivity index (χ1) is 16.3. The molecular formula is C25H22F3NO5. The van der Waals surface area contributed by atoms with Crippen molar-refractivity contribution in [1.29, 1.82) is 0 Å². The fraction of sp³-hybridized carbons (Fsp3) is 0.360. The molecule has 2 N–H and O–H groups in total. The van der Waals surface area contributed by atoms with Gasteiger partial charge in [-0.3, -0.25) is 0 Å². The highest BCUT2D eigenvalue weighted by Crippen LogP contribution is 2.46. The molecule has 2 fully saturated rings. The number of nitrogens with zero attached hydrogens (tertiary/aromatic N) is 1. The zero-order chi connectivity index (χ0) is 24.0. The minimum absolute atomic E-state index is 0.0540. The van der Waals surface area contributed by atoms with Gasteiger partial charge in [0, 0.05) is 42.9 Å². The molecule has 0 radical (unpaired) electrons. The smallest absolute Gasteiger partial charge is 0.341 e. The fourth-order valence-corrected chi connectivity index (χ4v) is 4.72. The maximum Gasteiger partial charge on any atom is 0.341 e. The summed E-state index contributed by atoms with van der Waals surface area (Å²) in [4.78, 5) is 15.8. The van der Waals surface area contributed by atoms with Crippen molar-refractivity contribution < 1.29 is 37.7 Å². The Kier molecular flexibility index (Phi) is 5.59. The molecule has 3 aromatic rings. The van der Waals surface area contributed by atoms with Crippen LogP contribution in [0.5, 0.6) is 11.6 Å². The lowest BCUT2D eigenvalue weighted by molar-refractivity contribution is -0.164. The van der Waals surface area contributed by atoms with Crippen LogP contribution in [0.2, 0.25) is 0 Å². The van der Waals surface area contributed by atoms with Gasteiger partial charge in [0.15, 0.2) is 11.6 Å². The van der Waals surface area contributed by atoms with Crippen LogP contribution in [-0.4, -0.2) is 46.2 Å².